The Hall–Kier alpha value is -2.04. The summed E-state index contributed by atoms with van der Waals surface area (Å²) in [7, 11) is 0. The molecule has 0 heterocycles. The van der Waals surface area contributed by atoms with Crippen LogP contribution in [0.4, 0.5) is 0 Å². The number of ether oxygens (including phenoxy) is 2. The molecule has 0 atom stereocenters. The number of carbonyl (C=O) groups is 2. The molecule has 1 aromatic carbocycles. The van der Waals surface area contributed by atoms with Gasteiger partial charge in [-0.3, -0.25) is 9.59 Å². The van der Waals surface area contributed by atoms with Crippen LogP contribution in [0.15, 0.2) is 12.1 Å². The fourth-order valence-electron chi connectivity index (χ4n) is 1.39. The number of benzene rings is 1. The number of carbonyl (C=O) groups excluding carboxylic acids is 2. The predicted molar refractivity (Wildman–Crippen MR) is 64.7 cm³/mol. The van der Waals surface area contributed by atoms with Crippen LogP contribution in [0, 0.1) is 0 Å². The normalized spacial score (nSPS) is 10.2. The molecule has 0 saturated heterocycles. The number of phenols is 1. The van der Waals surface area contributed by atoms with E-state index in [-0.39, 0.29) is 24.2 Å². The minimum Gasteiger partial charge on any atom is -0.504 e. The van der Waals surface area contributed by atoms with E-state index in [0.717, 1.165) is 0 Å². The van der Waals surface area contributed by atoms with Gasteiger partial charge in [-0.1, -0.05) is 0 Å². The van der Waals surface area contributed by atoms with Gasteiger partial charge >= 0.3 is 5.97 Å². The average Bonchev–Trinajstić information content (AvgIpc) is 2.29. The predicted octanol–water partition coefficient (Wildman–Crippen LogP) is 2.06. The van der Waals surface area contributed by atoms with Crippen molar-refractivity contribution in [3.63, 3.8) is 0 Å². The van der Waals surface area contributed by atoms with Gasteiger partial charge in [-0.25, -0.2) is 0 Å². The van der Waals surface area contributed by atoms with Crippen molar-refractivity contribution in [3.8, 4) is 11.5 Å². The molecule has 0 bridgehead atoms. The minimum atomic E-state index is -0.461. The Kier molecular flexibility index (Phi) is 4.71. The molecule has 0 fully saturated rings. The molecule has 1 aromatic rings. The largest absolute Gasteiger partial charge is 0.504 e. The van der Waals surface area contributed by atoms with E-state index >= 15 is 0 Å². The first-order chi connectivity index (χ1) is 8.43. The maximum atomic E-state index is 10.8. The summed E-state index contributed by atoms with van der Waals surface area (Å²) < 4.78 is 10.2. The third-order valence-electron chi connectivity index (χ3n) is 2.11. The molecular formula is C13H16O5. The van der Waals surface area contributed by atoms with Crippen molar-refractivity contribution in [1.29, 1.82) is 0 Å². The molecule has 0 amide bonds. The topological polar surface area (TPSA) is 72.8 Å². The van der Waals surface area contributed by atoms with Gasteiger partial charge in [-0.2, -0.15) is 0 Å². The lowest BCUT2D eigenvalue weighted by Gasteiger charge is -2.14. The van der Waals surface area contributed by atoms with Crippen molar-refractivity contribution in [3.05, 3.63) is 23.3 Å². The highest BCUT2D eigenvalue weighted by Crippen LogP contribution is 2.32. The maximum Gasteiger partial charge on any atom is 0.302 e. The van der Waals surface area contributed by atoms with Crippen molar-refractivity contribution >= 4 is 12.3 Å². The summed E-state index contributed by atoms with van der Waals surface area (Å²) >= 11 is 0. The van der Waals surface area contributed by atoms with E-state index in [2.05, 4.69) is 0 Å². The zero-order valence-corrected chi connectivity index (χ0v) is 10.6. The van der Waals surface area contributed by atoms with Crippen molar-refractivity contribution in [1.82, 2.24) is 0 Å². The molecule has 1 rings (SSSR count). The second-order valence-corrected chi connectivity index (χ2v) is 4.09. The summed E-state index contributed by atoms with van der Waals surface area (Å²) in [6.45, 7) is 4.78. The number of rotatable bonds is 5. The molecule has 0 saturated carbocycles. The van der Waals surface area contributed by atoms with Gasteiger partial charge in [0.25, 0.3) is 0 Å². The first-order valence-corrected chi connectivity index (χ1v) is 5.55. The molecule has 0 aliphatic carbocycles. The highest BCUT2D eigenvalue weighted by atomic mass is 16.5. The van der Waals surface area contributed by atoms with Gasteiger partial charge in [0.1, 0.15) is 12.9 Å². The molecule has 0 radical (unpaired) electrons. The fraction of sp³-hybridized carbons (Fsp3) is 0.385. The van der Waals surface area contributed by atoms with Crippen molar-refractivity contribution in [2.24, 2.45) is 0 Å². The number of hydrogen-bond acceptors (Lipinski definition) is 5. The smallest absolute Gasteiger partial charge is 0.302 e. The number of aromatic hydroxyl groups is 1. The van der Waals surface area contributed by atoms with Crippen molar-refractivity contribution < 1.29 is 24.2 Å². The van der Waals surface area contributed by atoms with Crippen LogP contribution in [-0.2, 0) is 16.1 Å². The Bertz CT molecular complexity index is 451. The minimum absolute atomic E-state index is 0.0999. The second kappa shape index (κ2) is 6.05. The van der Waals surface area contributed by atoms with Gasteiger partial charge in [-0.15, -0.1) is 0 Å². The van der Waals surface area contributed by atoms with Gasteiger partial charge in [0.05, 0.1) is 6.10 Å². The van der Waals surface area contributed by atoms with Gasteiger partial charge in [0.15, 0.2) is 11.5 Å². The van der Waals surface area contributed by atoms with Crippen molar-refractivity contribution in [2.75, 3.05) is 0 Å². The number of aldehydes is 1. The Labute approximate surface area is 105 Å². The number of phenolic OH excluding ortho intramolecular Hbond substituents is 1. The van der Waals surface area contributed by atoms with E-state index in [0.29, 0.717) is 17.4 Å². The molecule has 5 nitrogen and oxygen atoms in total. The Morgan fingerprint density at radius 3 is 2.61 bits per heavy atom. The Morgan fingerprint density at radius 1 is 1.44 bits per heavy atom. The van der Waals surface area contributed by atoms with Crippen LogP contribution in [0.3, 0.4) is 0 Å². The quantitative estimate of drug-likeness (QED) is 0.641. The Balaban J connectivity index is 3.07. The molecule has 0 aliphatic rings. The van der Waals surface area contributed by atoms with E-state index in [9.17, 15) is 14.7 Å². The van der Waals surface area contributed by atoms with Crippen LogP contribution in [0.2, 0.25) is 0 Å². The number of esters is 1. The zero-order chi connectivity index (χ0) is 13.7. The van der Waals surface area contributed by atoms with Crippen LogP contribution in [0.1, 0.15) is 36.7 Å². The van der Waals surface area contributed by atoms with Gasteiger partial charge in [-0.05, 0) is 26.0 Å². The standard InChI is InChI=1S/C13H16O5/c1-8(2)18-12-5-10(6-14)4-11(13(12)16)7-17-9(3)15/h4-6,8,16H,7H2,1-3H3. The molecule has 5 heteroatoms. The Morgan fingerprint density at radius 2 is 2.11 bits per heavy atom. The van der Waals surface area contributed by atoms with Crippen LogP contribution in [-0.4, -0.2) is 23.5 Å². The molecule has 1 N–H and O–H groups in total. The third kappa shape index (κ3) is 3.76. The lowest BCUT2D eigenvalue weighted by Crippen LogP contribution is -2.07. The van der Waals surface area contributed by atoms with E-state index in [1.165, 1.54) is 19.1 Å². The van der Waals surface area contributed by atoms with E-state index < -0.39 is 5.97 Å². The SMILES string of the molecule is CC(=O)OCc1cc(C=O)cc(OC(C)C)c1O. The van der Waals surface area contributed by atoms with Gasteiger partial charge < -0.3 is 14.6 Å². The van der Waals surface area contributed by atoms with Gasteiger partial charge in [0.2, 0.25) is 0 Å². The lowest BCUT2D eigenvalue weighted by molar-refractivity contribution is -0.142. The van der Waals surface area contributed by atoms with Crippen LogP contribution < -0.4 is 4.74 Å². The molecular weight excluding hydrogens is 236 g/mol. The van der Waals surface area contributed by atoms with Crippen LogP contribution in [0.5, 0.6) is 11.5 Å². The van der Waals surface area contributed by atoms with Crippen molar-refractivity contribution in [2.45, 2.75) is 33.5 Å². The first-order valence-electron chi connectivity index (χ1n) is 5.55. The zero-order valence-electron chi connectivity index (χ0n) is 10.6. The first kappa shape index (κ1) is 14.0. The monoisotopic (exact) mass is 252 g/mol. The molecule has 0 aliphatic heterocycles. The van der Waals surface area contributed by atoms with Crippen LogP contribution >= 0.6 is 0 Å². The average molecular weight is 252 g/mol. The lowest BCUT2D eigenvalue weighted by atomic mass is 10.1. The summed E-state index contributed by atoms with van der Waals surface area (Å²) in [5.41, 5.74) is 0.691. The summed E-state index contributed by atoms with van der Waals surface area (Å²) in [4.78, 5) is 21.5. The van der Waals surface area contributed by atoms with E-state index in [4.69, 9.17) is 9.47 Å². The summed E-state index contributed by atoms with van der Waals surface area (Å²) in [6, 6.07) is 2.90. The molecule has 0 spiro atoms. The maximum absolute atomic E-state index is 10.8. The van der Waals surface area contributed by atoms with E-state index in [1.54, 1.807) is 13.8 Å². The van der Waals surface area contributed by atoms with Gasteiger partial charge in [0, 0.05) is 18.1 Å². The summed E-state index contributed by atoms with van der Waals surface area (Å²) in [5, 5.41) is 9.94. The highest BCUT2D eigenvalue weighted by molar-refractivity contribution is 5.77. The van der Waals surface area contributed by atoms with E-state index in [1.807, 2.05) is 0 Å². The summed E-state index contributed by atoms with van der Waals surface area (Å²) in [5.74, 6) is -0.371. The molecule has 0 aromatic heterocycles. The highest BCUT2D eigenvalue weighted by Gasteiger charge is 2.13. The molecule has 18 heavy (non-hydrogen) atoms. The third-order valence-corrected chi connectivity index (χ3v) is 2.11. The number of hydrogen-bond donors (Lipinski definition) is 1. The molecule has 0 unspecified atom stereocenters. The summed E-state index contributed by atoms with van der Waals surface area (Å²) in [6.07, 6.45) is 0.503. The molecule has 98 valence electrons. The second-order valence-electron chi connectivity index (χ2n) is 4.09. The van der Waals surface area contributed by atoms with Crippen LogP contribution in [0.25, 0.3) is 0 Å². The fourth-order valence-corrected chi connectivity index (χ4v) is 1.39.